The van der Waals surface area contributed by atoms with Crippen molar-refractivity contribution < 1.29 is 46.1 Å². The number of nitrogens with zero attached hydrogens (tertiary/aromatic N) is 2. The van der Waals surface area contributed by atoms with E-state index in [-0.39, 0.29) is 67.9 Å². The van der Waals surface area contributed by atoms with Gasteiger partial charge in [0.15, 0.2) is 0 Å². The summed E-state index contributed by atoms with van der Waals surface area (Å²) in [7, 11) is 1.17. The van der Waals surface area contributed by atoms with Crippen molar-refractivity contribution in [2.24, 2.45) is 5.92 Å². The fourth-order valence-electron chi connectivity index (χ4n) is 5.95. The first-order valence-corrected chi connectivity index (χ1v) is 14.9. The Balaban J connectivity index is 1.25. The Morgan fingerprint density at radius 1 is 1.14 bits per heavy atom. The summed E-state index contributed by atoms with van der Waals surface area (Å²) in [6.07, 6.45) is -3.82. The van der Waals surface area contributed by atoms with Crippen LogP contribution in [0.25, 0.3) is 0 Å². The summed E-state index contributed by atoms with van der Waals surface area (Å²) in [6, 6.07) is 4.53. The van der Waals surface area contributed by atoms with E-state index in [2.05, 4.69) is 0 Å². The standard InChI is InChI=1S/C31H34ClF5N2O5/c1-17-25(40)15-39(27(17)29(42)43-2)28(41)22-12-21(18-3-4-18)26(13-24(22)33)44-16-30(34)7-9-38(10-8-30)14-19-11-20(31(35,36)37)5-6-23(19)32/h5-6,11-13,17-18,25,27,40H,3-4,7-10,14-16H2,1-2H3/t17?,25?,27-/m0/s1. The Bertz CT molecular complexity index is 1410. The van der Waals surface area contributed by atoms with Crippen LogP contribution in [0.15, 0.2) is 30.3 Å². The molecule has 2 aromatic carbocycles. The molecule has 0 spiro atoms. The minimum Gasteiger partial charge on any atom is -0.490 e. The van der Waals surface area contributed by atoms with Gasteiger partial charge in [-0.15, -0.1) is 0 Å². The van der Waals surface area contributed by atoms with Crippen LogP contribution in [-0.4, -0.2) is 77.9 Å². The summed E-state index contributed by atoms with van der Waals surface area (Å²) in [5.41, 5.74) is -1.96. The molecular formula is C31H34ClF5N2O5. The first-order chi connectivity index (χ1) is 20.7. The highest BCUT2D eigenvalue weighted by atomic mass is 35.5. The predicted molar refractivity (Wildman–Crippen MR) is 151 cm³/mol. The SMILES string of the molecule is COC(=O)[C@@H]1C(C)C(O)CN1C(=O)c1cc(C2CC2)c(OCC2(F)CCN(Cc3cc(C(F)(F)F)ccc3Cl)CC2)cc1F. The maximum absolute atomic E-state index is 15.8. The average molecular weight is 645 g/mol. The molecule has 44 heavy (non-hydrogen) atoms. The number of hydrogen-bond donors (Lipinski definition) is 1. The summed E-state index contributed by atoms with van der Waals surface area (Å²) in [5.74, 6) is -2.82. The summed E-state index contributed by atoms with van der Waals surface area (Å²) in [6.45, 7) is 1.74. The van der Waals surface area contributed by atoms with Crippen LogP contribution in [0, 0.1) is 11.7 Å². The zero-order chi connectivity index (χ0) is 32.0. The van der Waals surface area contributed by atoms with E-state index in [0.29, 0.717) is 11.1 Å². The highest BCUT2D eigenvalue weighted by Crippen LogP contribution is 2.46. The van der Waals surface area contributed by atoms with Gasteiger partial charge in [-0.05, 0) is 67.0 Å². The molecule has 5 rings (SSSR count). The van der Waals surface area contributed by atoms with Gasteiger partial charge in [0.05, 0.1) is 24.3 Å². The number of amides is 1. The molecule has 2 aromatic rings. The van der Waals surface area contributed by atoms with E-state index in [1.165, 1.54) is 19.2 Å². The highest BCUT2D eigenvalue weighted by molar-refractivity contribution is 6.31. The lowest BCUT2D eigenvalue weighted by Gasteiger charge is -2.36. The second-order valence-corrected chi connectivity index (χ2v) is 12.4. The smallest absolute Gasteiger partial charge is 0.416 e. The number of β-amino-alcohol motifs (C(OH)–C–C–N with tert-alkyl or cyclic N) is 1. The molecule has 0 bridgehead atoms. The van der Waals surface area contributed by atoms with Gasteiger partial charge in [0, 0.05) is 43.2 Å². The number of carbonyl (C=O) groups is 2. The van der Waals surface area contributed by atoms with Crippen LogP contribution >= 0.6 is 11.6 Å². The molecule has 3 fully saturated rings. The number of methoxy groups -OCH3 is 1. The minimum atomic E-state index is -4.50. The van der Waals surface area contributed by atoms with Gasteiger partial charge in [0.25, 0.3) is 5.91 Å². The molecule has 2 heterocycles. The number of hydrogen-bond acceptors (Lipinski definition) is 6. The van der Waals surface area contributed by atoms with Crippen molar-refractivity contribution in [1.29, 1.82) is 0 Å². The maximum atomic E-state index is 15.8. The van der Waals surface area contributed by atoms with Crippen LogP contribution in [0.1, 0.15) is 65.6 Å². The zero-order valence-electron chi connectivity index (χ0n) is 24.3. The average Bonchev–Trinajstić information content (AvgIpc) is 3.78. The summed E-state index contributed by atoms with van der Waals surface area (Å²) >= 11 is 6.13. The Kier molecular flexibility index (Phi) is 9.17. The second-order valence-electron chi connectivity index (χ2n) is 12.0. The lowest BCUT2D eigenvalue weighted by atomic mass is 9.93. The van der Waals surface area contributed by atoms with Crippen LogP contribution in [0.4, 0.5) is 22.0 Å². The van der Waals surface area contributed by atoms with Gasteiger partial charge in [0.1, 0.15) is 29.9 Å². The molecule has 1 saturated carbocycles. The number of piperidine rings is 1. The summed E-state index contributed by atoms with van der Waals surface area (Å²) in [4.78, 5) is 28.7. The van der Waals surface area contributed by atoms with Gasteiger partial charge in [-0.25, -0.2) is 13.6 Å². The molecule has 7 nitrogen and oxygen atoms in total. The van der Waals surface area contributed by atoms with Gasteiger partial charge >= 0.3 is 12.1 Å². The van der Waals surface area contributed by atoms with Crippen LogP contribution in [0.5, 0.6) is 5.75 Å². The number of likely N-dealkylation sites (tertiary alicyclic amines) is 2. The number of aliphatic hydroxyl groups is 1. The first kappa shape index (κ1) is 32.4. The second kappa shape index (κ2) is 12.4. The minimum absolute atomic E-state index is 0.00580. The van der Waals surface area contributed by atoms with Crippen LogP contribution in [0.2, 0.25) is 5.02 Å². The van der Waals surface area contributed by atoms with E-state index < -0.39 is 53.2 Å². The number of benzene rings is 2. The molecule has 1 amide bonds. The van der Waals surface area contributed by atoms with Crippen molar-refractivity contribution >= 4 is 23.5 Å². The van der Waals surface area contributed by atoms with Gasteiger partial charge in [-0.2, -0.15) is 13.2 Å². The third-order valence-electron chi connectivity index (χ3n) is 8.88. The number of aliphatic hydroxyl groups excluding tert-OH is 1. The van der Waals surface area contributed by atoms with Crippen molar-refractivity contribution in [3.63, 3.8) is 0 Å². The summed E-state index contributed by atoms with van der Waals surface area (Å²) in [5, 5.41) is 10.5. The van der Waals surface area contributed by atoms with Crippen molar-refractivity contribution in [3.8, 4) is 5.75 Å². The van der Waals surface area contributed by atoms with Crippen molar-refractivity contribution in [2.75, 3.05) is 33.4 Å². The van der Waals surface area contributed by atoms with Gasteiger partial charge in [-0.3, -0.25) is 9.69 Å². The lowest BCUT2D eigenvalue weighted by molar-refractivity contribution is -0.146. The number of rotatable bonds is 8. The number of carbonyl (C=O) groups excluding carboxylic acids is 2. The van der Waals surface area contributed by atoms with Crippen molar-refractivity contribution in [2.45, 2.75) is 69.1 Å². The quantitative estimate of drug-likeness (QED) is 0.291. The van der Waals surface area contributed by atoms with E-state index in [0.717, 1.165) is 35.9 Å². The molecule has 1 N–H and O–H groups in total. The number of esters is 1. The summed E-state index contributed by atoms with van der Waals surface area (Å²) < 4.78 is 81.3. The molecule has 0 radical (unpaired) electrons. The monoisotopic (exact) mass is 644 g/mol. The number of halogens is 6. The number of ether oxygens (including phenoxy) is 2. The molecule has 1 aliphatic carbocycles. The fraction of sp³-hybridized carbons (Fsp3) is 0.548. The Morgan fingerprint density at radius 2 is 1.82 bits per heavy atom. The normalized spacial score (nSPS) is 23.9. The van der Waals surface area contributed by atoms with Crippen molar-refractivity contribution in [1.82, 2.24) is 9.80 Å². The molecule has 2 unspecified atom stereocenters. The van der Waals surface area contributed by atoms with Crippen LogP contribution in [-0.2, 0) is 22.3 Å². The molecule has 2 saturated heterocycles. The van der Waals surface area contributed by atoms with Crippen molar-refractivity contribution in [3.05, 3.63) is 63.4 Å². The van der Waals surface area contributed by atoms with E-state index in [1.807, 2.05) is 4.90 Å². The fourth-order valence-corrected chi connectivity index (χ4v) is 6.13. The van der Waals surface area contributed by atoms with Crippen LogP contribution < -0.4 is 4.74 Å². The topological polar surface area (TPSA) is 79.3 Å². The Morgan fingerprint density at radius 3 is 2.43 bits per heavy atom. The van der Waals surface area contributed by atoms with E-state index >= 15 is 8.78 Å². The van der Waals surface area contributed by atoms with Gasteiger partial charge in [0.2, 0.25) is 0 Å². The van der Waals surface area contributed by atoms with Gasteiger partial charge in [-0.1, -0.05) is 18.5 Å². The Labute approximate surface area is 256 Å². The molecule has 13 heteroatoms. The third kappa shape index (κ3) is 6.82. The van der Waals surface area contributed by atoms with E-state index in [4.69, 9.17) is 21.1 Å². The maximum Gasteiger partial charge on any atom is 0.416 e. The highest BCUT2D eigenvalue weighted by Gasteiger charge is 2.46. The molecule has 240 valence electrons. The number of alkyl halides is 4. The zero-order valence-corrected chi connectivity index (χ0v) is 25.1. The van der Waals surface area contributed by atoms with E-state index in [1.54, 1.807) is 6.92 Å². The first-order valence-electron chi connectivity index (χ1n) is 14.5. The molecule has 3 aliphatic rings. The molecule has 0 aromatic heterocycles. The molecule has 3 atom stereocenters. The predicted octanol–water partition coefficient (Wildman–Crippen LogP) is 5.75. The Hall–Kier alpha value is -2.96. The van der Waals surface area contributed by atoms with Gasteiger partial charge < -0.3 is 19.5 Å². The van der Waals surface area contributed by atoms with Crippen LogP contribution in [0.3, 0.4) is 0 Å². The largest absolute Gasteiger partial charge is 0.490 e. The lowest BCUT2D eigenvalue weighted by Crippen LogP contribution is -2.44. The van der Waals surface area contributed by atoms with E-state index in [9.17, 15) is 27.9 Å². The third-order valence-corrected chi connectivity index (χ3v) is 9.25. The molecular weight excluding hydrogens is 611 g/mol. The molecule has 2 aliphatic heterocycles.